The quantitative estimate of drug-likeness (QED) is 0.143. The first-order chi connectivity index (χ1) is 26.7. The second kappa shape index (κ2) is 14.9. The van der Waals surface area contributed by atoms with Crippen LogP contribution in [0.5, 0.6) is 0 Å². The largest absolute Gasteiger partial charge is 0.311 e. The monoisotopic (exact) mass is 693 g/mol. The molecule has 0 spiro atoms. The fourth-order valence-corrected chi connectivity index (χ4v) is 8.23. The highest BCUT2D eigenvalue weighted by atomic mass is 15.1. The normalized spacial score (nSPS) is 13.4. The molecule has 7 aromatic carbocycles. The maximum atomic E-state index is 2.42. The fourth-order valence-electron chi connectivity index (χ4n) is 8.23. The van der Waals surface area contributed by atoms with Gasteiger partial charge in [-0.05, 0) is 159 Å². The Kier molecular flexibility index (Phi) is 9.21. The van der Waals surface area contributed by atoms with Crippen LogP contribution in [-0.4, -0.2) is 0 Å². The molecule has 1 heteroatoms. The average Bonchev–Trinajstić information content (AvgIpc) is 3.24. The van der Waals surface area contributed by atoms with Gasteiger partial charge in [-0.1, -0.05) is 140 Å². The molecule has 0 atom stereocenters. The van der Waals surface area contributed by atoms with Crippen LogP contribution in [0.15, 0.2) is 176 Å². The third kappa shape index (κ3) is 6.55. The number of allylic oxidation sites excluding steroid dienone is 5. The van der Waals surface area contributed by atoms with Gasteiger partial charge in [-0.25, -0.2) is 0 Å². The smallest absolute Gasteiger partial charge is 0.0462 e. The van der Waals surface area contributed by atoms with Crippen molar-refractivity contribution in [3.8, 4) is 33.4 Å². The number of rotatable bonds is 8. The number of benzene rings is 7. The van der Waals surface area contributed by atoms with E-state index in [0.29, 0.717) is 0 Å². The Labute approximate surface area is 319 Å². The number of hydrogen-bond donors (Lipinski definition) is 0. The Morgan fingerprint density at radius 2 is 1.09 bits per heavy atom. The molecule has 2 aliphatic carbocycles. The van der Waals surface area contributed by atoms with Crippen LogP contribution >= 0.6 is 0 Å². The fraction of sp³-hybridized carbons (Fsp3) is 0.0943. The lowest BCUT2D eigenvalue weighted by atomic mass is 9.81. The van der Waals surface area contributed by atoms with Crippen molar-refractivity contribution in [2.75, 3.05) is 4.90 Å². The van der Waals surface area contributed by atoms with Gasteiger partial charge >= 0.3 is 0 Å². The van der Waals surface area contributed by atoms with Gasteiger partial charge in [0, 0.05) is 17.1 Å². The van der Waals surface area contributed by atoms with Crippen LogP contribution < -0.4 is 4.90 Å². The van der Waals surface area contributed by atoms with Gasteiger partial charge in [0.05, 0.1) is 0 Å². The van der Waals surface area contributed by atoms with E-state index in [-0.39, 0.29) is 0 Å². The number of anilines is 3. The molecule has 0 heterocycles. The lowest BCUT2D eigenvalue weighted by Crippen LogP contribution is -2.10. The molecule has 0 saturated heterocycles. The first kappa shape index (κ1) is 33.4. The summed E-state index contributed by atoms with van der Waals surface area (Å²) in [6.07, 6.45) is 22.4. The van der Waals surface area contributed by atoms with Crippen molar-refractivity contribution in [2.45, 2.75) is 32.6 Å². The highest BCUT2D eigenvalue weighted by molar-refractivity contribution is 5.95. The van der Waals surface area contributed by atoms with E-state index in [4.69, 9.17) is 0 Å². The van der Waals surface area contributed by atoms with Crippen LogP contribution in [0.2, 0.25) is 0 Å². The van der Waals surface area contributed by atoms with E-state index in [1.165, 1.54) is 60.8 Å². The molecule has 0 fully saturated rings. The molecule has 0 aliphatic heterocycles. The van der Waals surface area contributed by atoms with E-state index in [1.54, 1.807) is 11.1 Å². The maximum absolute atomic E-state index is 2.42. The lowest BCUT2D eigenvalue weighted by Gasteiger charge is -2.27. The van der Waals surface area contributed by atoms with Gasteiger partial charge in [-0.15, -0.1) is 0 Å². The number of hydrogen-bond acceptors (Lipinski definition) is 1. The lowest BCUT2D eigenvalue weighted by molar-refractivity contribution is 0.906. The molecular formula is C53H43N. The van der Waals surface area contributed by atoms with E-state index in [1.807, 2.05) is 6.92 Å². The molecule has 2 aliphatic rings. The third-order valence-electron chi connectivity index (χ3n) is 10.9. The second-order valence-electron chi connectivity index (χ2n) is 14.3. The van der Waals surface area contributed by atoms with E-state index < -0.39 is 0 Å². The SMILES string of the molecule is C/C=C\C=C/c1cc(-c2ccc(N(c3ccc(-c4ccccc4)cc3)c3ccc(-c4cc5c(c6c4C=CCC6)CCC=C5)cc3)cc2)cc2ccccc12. The van der Waals surface area contributed by atoms with Crippen LogP contribution in [0.4, 0.5) is 17.1 Å². The minimum absolute atomic E-state index is 1.12. The molecule has 0 N–H and O–H groups in total. The van der Waals surface area contributed by atoms with Gasteiger partial charge in [0.2, 0.25) is 0 Å². The van der Waals surface area contributed by atoms with Crippen molar-refractivity contribution in [2.24, 2.45) is 0 Å². The molecule has 0 aromatic heterocycles. The topological polar surface area (TPSA) is 3.24 Å². The molecule has 0 bridgehead atoms. The minimum Gasteiger partial charge on any atom is -0.311 e. The van der Waals surface area contributed by atoms with E-state index in [9.17, 15) is 0 Å². The molecule has 0 unspecified atom stereocenters. The zero-order valence-corrected chi connectivity index (χ0v) is 30.8. The number of nitrogens with zero attached hydrogens (tertiary/aromatic N) is 1. The molecule has 1 nitrogen and oxygen atoms in total. The van der Waals surface area contributed by atoms with Crippen molar-refractivity contribution in [1.29, 1.82) is 0 Å². The Hall–Kier alpha value is -6.44. The molecule has 0 saturated carbocycles. The molecular weight excluding hydrogens is 651 g/mol. The summed E-state index contributed by atoms with van der Waals surface area (Å²) in [5.74, 6) is 0. The molecule has 0 amide bonds. The Morgan fingerprint density at radius 3 is 1.80 bits per heavy atom. The Balaban J connectivity index is 1.11. The Bertz CT molecular complexity index is 2560. The highest BCUT2D eigenvalue weighted by Crippen LogP contribution is 2.41. The van der Waals surface area contributed by atoms with Gasteiger partial charge in [-0.2, -0.15) is 0 Å². The average molecular weight is 694 g/mol. The summed E-state index contributed by atoms with van der Waals surface area (Å²) in [4.78, 5) is 2.37. The van der Waals surface area contributed by atoms with Crippen LogP contribution in [0.3, 0.4) is 0 Å². The van der Waals surface area contributed by atoms with E-state index >= 15 is 0 Å². The highest BCUT2D eigenvalue weighted by Gasteiger charge is 2.20. The summed E-state index contributed by atoms with van der Waals surface area (Å²) < 4.78 is 0. The predicted octanol–water partition coefficient (Wildman–Crippen LogP) is 14.8. The van der Waals surface area contributed by atoms with Gasteiger partial charge in [0.25, 0.3) is 0 Å². The van der Waals surface area contributed by atoms with Gasteiger partial charge in [-0.3, -0.25) is 0 Å². The van der Waals surface area contributed by atoms with Crippen molar-refractivity contribution < 1.29 is 0 Å². The van der Waals surface area contributed by atoms with E-state index in [2.05, 4.69) is 199 Å². The molecule has 54 heavy (non-hydrogen) atoms. The predicted molar refractivity (Wildman–Crippen MR) is 233 cm³/mol. The van der Waals surface area contributed by atoms with E-state index in [0.717, 1.165) is 42.7 Å². The zero-order valence-electron chi connectivity index (χ0n) is 30.8. The van der Waals surface area contributed by atoms with Crippen LogP contribution in [0, 0.1) is 0 Å². The summed E-state index contributed by atoms with van der Waals surface area (Å²) in [5.41, 5.74) is 17.9. The third-order valence-corrected chi connectivity index (χ3v) is 10.9. The molecule has 7 aromatic rings. The Morgan fingerprint density at radius 1 is 0.500 bits per heavy atom. The first-order valence-electron chi connectivity index (χ1n) is 19.2. The summed E-state index contributed by atoms with van der Waals surface area (Å²) in [6, 6.07) is 53.5. The van der Waals surface area contributed by atoms with Gasteiger partial charge < -0.3 is 4.90 Å². The number of fused-ring (bicyclic) bond motifs is 4. The van der Waals surface area contributed by atoms with Crippen molar-refractivity contribution in [3.05, 3.63) is 204 Å². The standard InChI is InChI=1S/C53H43N/c1-2-3-5-16-42-35-45(36-43-17-8-10-19-49(42)43)40-25-31-47(32-26-40)54(46-29-23-39(24-30-46)38-14-6-4-7-15-38)48-33-27-41(28-34-48)53-37-44-18-9-11-20-50(44)51-21-12-13-22-52(51)53/h2-10,13-19,22-37H,11-12,20-21H2,1H3/b3-2-,16-5-. The summed E-state index contributed by atoms with van der Waals surface area (Å²) in [6.45, 7) is 2.05. The maximum Gasteiger partial charge on any atom is 0.0462 e. The summed E-state index contributed by atoms with van der Waals surface area (Å²) in [7, 11) is 0. The summed E-state index contributed by atoms with van der Waals surface area (Å²) >= 11 is 0. The van der Waals surface area contributed by atoms with Crippen molar-refractivity contribution in [3.63, 3.8) is 0 Å². The van der Waals surface area contributed by atoms with Gasteiger partial charge in [0.1, 0.15) is 0 Å². The van der Waals surface area contributed by atoms with Crippen LogP contribution in [-0.2, 0) is 12.8 Å². The first-order valence-corrected chi connectivity index (χ1v) is 19.2. The second-order valence-corrected chi connectivity index (χ2v) is 14.3. The zero-order chi connectivity index (χ0) is 36.3. The molecule has 260 valence electrons. The molecule has 9 rings (SSSR count). The van der Waals surface area contributed by atoms with Crippen LogP contribution in [0.25, 0.3) is 62.4 Å². The van der Waals surface area contributed by atoms with Crippen molar-refractivity contribution in [1.82, 2.24) is 0 Å². The minimum atomic E-state index is 1.12. The van der Waals surface area contributed by atoms with Crippen molar-refractivity contribution >= 4 is 46.1 Å². The molecule has 0 radical (unpaired) electrons. The van der Waals surface area contributed by atoms with Gasteiger partial charge in [0.15, 0.2) is 0 Å². The van der Waals surface area contributed by atoms with Crippen LogP contribution in [0.1, 0.15) is 47.6 Å². The summed E-state index contributed by atoms with van der Waals surface area (Å²) in [5, 5.41) is 2.50.